The van der Waals surface area contributed by atoms with Crippen molar-refractivity contribution >= 4 is 29.2 Å². The van der Waals surface area contributed by atoms with Gasteiger partial charge < -0.3 is 15.3 Å². The number of benzene rings is 6. The van der Waals surface area contributed by atoms with Gasteiger partial charge in [-0.25, -0.2) is 9.48 Å². The zero-order valence-electron chi connectivity index (χ0n) is 31.7. The largest absolute Gasteiger partial charge is 0.478 e. The highest BCUT2D eigenvalue weighted by molar-refractivity contribution is 6.02. The summed E-state index contributed by atoms with van der Waals surface area (Å²) in [6.07, 6.45) is 1.75. The molecule has 10 nitrogen and oxygen atoms in total. The first-order valence-corrected chi connectivity index (χ1v) is 18.9. The van der Waals surface area contributed by atoms with Crippen LogP contribution in [0.5, 0.6) is 0 Å². The van der Waals surface area contributed by atoms with Crippen molar-refractivity contribution in [3.05, 3.63) is 186 Å². The number of aromatic carboxylic acids is 1. The molecule has 10 heteroatoms. The van der Waals surface area contributed by atoms with Gasteiger partial charge in [-0.05, 0) is 68.4 Å². The molecule has 2 amide bonds. The number of tetrazole rings is 1. The fraction of sp³-hybridized carbons (Fsp3) is 0.149. The second kappa shape index (κ2) is 17.1. The van der Waals surface area contributed by atoms with Gasteiger partial charge in [-0.3, -0.25) is 9.59 Å². The van der Waals surface area contributed by atoms with Gasteiger partial charge in [-0.2, -0.15) is 0 Å². The number of hydrogen-bond donors (Lipinski definition) is 2. The molecule has 0 fully saturated rings. The van der Waals surface area contributed by atoms with Crippen molar-refractivity contribution in [2.75, 3.05) is 10.2 Å². The number of hydrogen-bond acceptors (Lipinski definition) is 6. The number of carbonyl (C=O) groups is 3. The number of aromatic nitrogens is 4. The first-order chi connectivity index (χ1) is 27.8. The van der Waals surface area contributed by atoms with Crippen molar-refractivity contribution in [2.24, 2.45) is 0 Å². The summed E-state index contributed by atoms with van der Waals surface area (Å²) in [6, 6.07) is 51.0. The van der Waals surface area contributed by atoms with Crippen LogP contribution in [0.3, 0.4) is 0 Å². The molecule has 7 aromatic rings. The summed E-state index contributed by atoms with van der Waals surface area (Å²) in [4.78, 5) is 39.4. The van der Waals surface area contributed by atoms with E-state index in [9.17, 15) is 19.5 Å². The van der Waals surface area contributed by atoms with E-state index in [-0.39, 0.29) is 30.3 Å². The Bertz CT molecular complexity index is 2390. The summed E-state index contributed by atoms with van der Waals surface area (Å²) in [7, 11) is 0. The summed E-state index contributed by atoms with van der Waals surface area (Å²) >= 11 is 0. The standard InChI is InChI=1S/C47H42N6O4/c1-3-4-24-44(55)52(43-31-36(46(56)57)29-30-42(43)48-33(2)54)32-34-25-27-35(28-26-34)40-22-14-15-23-41(40)45-49-50-51-53(45)47(37-16-8-5-9-17-37,38-18-10-6-11-19-38)39-20-12-7-13-21-39/h5-23,25-31H,3-4,24,32H2,1-2H3,(H,48,54)(H,56,57). The predicted molar refractivity (Wildman–Crippen MR) is 222 cm³/mol. The number of carboxylic acids is 1. The van der Waals surface area contributed by atoms with Gasteiger partial charge >= 0.3 is 5.97 Å². The zero-order valence-corrected chi connectivity index (χ0v) is 31.7. The minimum atomic E-state index is -1.13. The van der Waals surface area contributed by atoms with E-state index in [0.717, 1.165) is 45.4 Å². The van der Waals surface area contributed by atoms with E-state index in [1.807, 2.05) is 115 Å². The molecule has 6 aromatic carbocycles. The van der Waals surface area contributed by atoms with Gasteiger partial charge in [0.05, 0.1) is 23.5 Å². The quantitative estimate of drug-likeness (QED) is 0.106. The minimum absolute atomic E-state index is 0.0116. The average Bonchev–Trinajstić information content (AvgIpc) is 3.74. The average molecular weight is 755 g/mol. The van der Waals surface area contributed by atoms with Gasteiger partial charge in [-0.1, -0.05) is 153 Å². The first-order valence-electron chi connectivity index (χ1n) is 18.9. The third kappa shape index (κ3) is 7.83. The van der Waals surface area contributed by atoms with E-state index < -0.39 is 11.5 Å². The van der Waals surface area contributed by atoms with E-state index in [4.69, 9.17) is 5.21 Å². The summed E-state index contributed by atoms with van der Waals surface area (Å²) in [5.41, 5.74) is 6.19. The van der Waals surface area contributed by atoms with Crippen LogP contribution in [-0.2, 0) is 21.7 Å². The number of amides is 2. The minimum Gasteiger partial charge on any atom is -0.478 e. The van der Waals surface area contributed by atoms with Crippen LogP contribution in [0, 0.1) is 0 Å². The van der Waals surface area contributed by atoms with E-state index in [0.29, 0.717) is 23.6 Å². The molecule has 0 saturated carbocycles. The molecule has 0 unspecified atom stereocenters. The second-order valence-electron chi connectivity index (χ2n) is 13.8. The number of carbonyl (C=O) groups excluding carboxylic acids is 2. The molecular weight excluding hydrogens is 713 g/mol. The Morgan fingerprint density at radius 3 is 1.82 bits per heavy atom. The van der Waals surface area contributed by atoms with Crippen LogP contribution in [0.4, 0.5) is 11.4 Å². The van der Waals surface area contributed by atoms with Gasteiger partial charge in [0.15, 0.2) is 5.82 Å². The smallest absolute Gasteiger partial charge is 0.335 e. The molecule has 0 aliphatic carbocycles. The fourth-order valence-corrected chi connectivity index (χ4v) is 7.34. The van der Waals surface area contributed by atoms with E-state index in [1.54, 1.807) is 4.90 Å². The van der Waals surface area contributed by atoms with Crippen molar-refractivity contribution in [3.63, 3.8) is 0 Å². The summed E-state index contributed by atoms with van der Waals surface area (Å²) in [5, 5.41) is 26.3. The predicted octanol–water partition coefficient (Wildman–Crippen LogP) is 9.23. The Morgan fingerprint density at radius 1 is 0.719 bits per heavy atom. The molecule has 7 rings (SSSR count). The van der Waals surface area contributed by atoms with E-state index >= 15 is 0 Å². The highest BCUT2D eigenvalue weighted by atomic mass is 16.4. The van der Waals surface area contributed by atoms with Gasteiger partial charge in [-0.15, -0.1) is 5.10 Å². The summed E-state index contributed by atoms with van der Waals surface area (Å²) < 4.78 is 1.91. The maximum absolute atomic E-state index is 13.8. The third-order valence-corrected chi connectivity index (χ3v) is 10.0. The van der Waals surface area contributed by atoms with E-state index in [1.165, 1.54) is 25.1 Å². The molecule has 0 aliphatic heterocycles. The van der Waals surface area contributed by atoms with Gasteiger partial charge in [0.2, 0.25) is 11.8 Å². The number of unbranched alkanes of at least 4 members (excludes halogenated alkanes) is 1. The monoisotopic (exact) mass is 754 g/mol. The summed E-state index contributed by atoms with van der Waals surface area (Å²) in [6.45, 7) is 3.54. The lowest BCUT2D eigenvalue weighted by Gasteiger charge is -2.36. The fourth-order valence-electron chi connectivity index (χ4n) is 7.34. The lowest BCUT2D eigenvalue weighted by Crippen LogP contribution is -2.39. The van der Waals surface area contributed by atoms with Crippen molar-refractivity contribution in [1.29, 1.82) is 0 Å². The second-order valence-corrected chi connectivity index (χ2v) is 13.8. The Kier molecular flexibility index (Phi) is 11.4. The molecule has 0 bridgehead atoms. The molecule has 0 spiro atoms. The van der Waals surface area contributed by atoms with Crippen LogP contribution < -0.4 is 10.2 Å². The van der Waals surface area contributed by atoms with Crippen LogP contribution >= 0.6 is 0 Å². The van der Waals surface area contributed by atoms with Crippen LogP contribution in [0.2, 0.25) is 0 Å². The molecule has 0 atom stereocenters. The van der Waals surface area contributed by atoms with Crippen LogP contribution in [-0.4, -0.2) is 43.1 Å². The topological polar surface area (TPSA) is 130 Å². The Morgan fingerprint density at radius 2 is 1.28 bits per heavy atom. The number of anilines is 2. The normalized spacial score (nSPS) is 11.2. The Balaban J connectivity index is 1.31. The molecular formula is C47H42N6O4. The molecule has 0 saturated heterocycles. The molecule has 1 aromatic heterocycles. The van der Waals surface area contributed by atoms with Crippen LogP contribution in [0.15, 0.2) is 158 Å². The summed E-state index contributed by atoms with van der Waals surface area (Å²) in [5.74, 6) is -1.06. The number of nitrogens with one attached hydrogen (secondary N) is 1. The first kappa shape index (κ1) is 38.1. The molecule has 2 N–H and O–H groups in total. The van der Waals surface area contributed by atoms with Gasteiger partial charge in [0, 0.05) is 18.9 Å². The van der Waals surface area contributed by atoms with Crippen molar-refractivity contribution in [2.45, 2.75) is 45.2 Å². The molecule has 57 heavy (non-hydrogen) atoms. The molecule has 0 radical (unpaired) electrons. The maximum atomic E-state index is 13.8. The van der Waals surface area contributed by atoms with E-state index in [2.05, 4.69) is 52.0 Å². The van der Waals surface area contributed by atoms with Crippen molar-refractivity contribution < 1.29 is 19.5 Å². The van der Waals surface area contributed by atoms with Crippen LogP contribution in [0.25, 0.3) is 22.5 Å². The highest BCUT2D eigenvalue weighted by Crippen LogP contribution is 2.43. The third-order valence-electron chi connectivity index (χ3n) is 10.0. The van der Waals surface area contributed by atoms with Gasteiger partial charge in [0.25, 0.3) is 0 Å². The highest BCUT2D eigenvalue weighted by Gasteiger charge is 2.42. The number of nitrogens with zero attached hydrogens (tertiary/aromatic N) is 5. The van der Waals surface area contributed by atoms with Crippen molar-refractivity contribution in [1.82, 2.24) is 20.2 Å². The van der Waals surface area contributed by atoms with Gasteiger partial charge in [0.1, 0.15) is 5.54 Å². The SMILES string of the molecule is CCCCC(=O)N(Cc1ccc(-c2ccccc2-c2nnnn2C(c2ccccc2)(c2ccccc2)c2ccccc2)cc1)c1cc(C(=O)O)ccc1NC(C)=O. The molecule has 0 aliphatic rings. The lowest BCUT2D eigenvalue weighted by molar-refractivity contribution is -0.119. The lowest BCUT2D eigenvalue weighted by atomic mass is 9.77. The number of carboxylic acid groups (broad SMARTS) is 1. The Hall–Kier alpha value is -7.20. The number of rotatable bonds is 14. The van der Waals surface area contributed by atoms with Crippen molar-refractivity contribution in [3.8, 4) is 22.5 Å². The molecule has 284 valence electrons. The Labute approximate surface area is 331 Å². The maximum Gasteiger partial charge on any atom is 0.335 e. The van der Waals surface area contributed by atoms with Crippen LogP contribution in [0.1, 0.15) is 65.7 Å². The zero-order chi connectivity index (χ0) is 39.8. The molecule has 1 heterocycles.